The molecule has 1 heterocycles. The lowest BCUT2D eigenvalue weighted by atomic mass is 9.90. The highest BCUT2D eigenvalue weighted by Crippen LogP contribution is 2.38. The van der Waals surface area contributed by atoms with Gasteiger partial charge in [0.15, 0.2) is 0 Å². The van der Waals surface area contributed by atoms with Crippen molar-refractivity contribution in [3.05, 3.63) is 63.7 Å². The zero-order valence-corrected chi connectivity index (χ0v) is 20.7. The molecule has 0 radical (unpaired) electrons. The summed E-state index contributed by atoms with van der Waals surface area (Å²) in [6.45, 7) is 2.57. The van der Waals surface area contributed by atoms with Crippen molar-refractivity contribution in [2.45, 2.75) is 51.2 Å². The van der Waals surface area contributed by atoms with Crippen LogP contribution in [0.25, 0.3) is 0 Å². The van der Waals surface area contributed by atoms with Gasteiger partial charge in [-0.25, -0.2) is 9.59 Å². The first-order valence-corrected chi connectivity index (χ1v) is 11.4. The predicted molar refractivity (Wildman–Crippen MR) is 122 cm³/mol. The zero-order valence-electron chi connectivity index (χ0n) is 19.9. The highest BCUT2D eigenvalue weighted by Gasteiger charge is 2.42. The largest absolute Gasteiger partial charge is 0.453 e. The monoisotopic (exact) mass is 552 g/mol. The first-order chi connectivity index (χ1) is 17.2. The lowest BCUT2D eigenvalue weighted by Crippen LogP contribution is -2.57. The summed E-state index contributed by atoms with van der Waals surface area (Å²) in [5.74, 6) is 0. The molecule has 2 amide bonds. The van der Waals surface area contributed by atoms with Crippen LogP contribution in [0, 0.1) is 0 Å². The number of hydrogen-bond acceptors (Lipinski definition) is 4. The summed E-state index contributed by atoms with van der Waals surface area (Å²) >= 11 is 6.12. The fourth-order valence-electron chi connectivity index (χ4n) is 4.31. The maximum atomic E-state index is 13.4. The topological polar surface area (TPSA) is 59.1 Å². The molecule has 2 unspecified atom stereocenters. The molecule has 0 spiro atoms. The number of carbonyl (C=O) groups excluding carboxylic acids is 2. The summed E-state index contributed by atoms with van der Waals surface area (Å²) in [6.07, 6.45) is -11.8. The lowest BCUT2D eigenvalue weighted by molar-refractivity contribution is -0.143. The van der Waals surface area contributed by atoms with Gasteiger partial charge < -0.3 is 9.47 Å². The number of nitrogens with zero attached hydrogens (tertiary/aromatic N) is 2. The second kappa shape index (κ2) is 10.7. The fraction of sp³-hybridized carbons (Fsp3) is 0.417. The third-order valence-electron chi connectivity index (χ3n) is 5.97. The van der Waals surface area contributed by atoms with E-state index in [9.17, 15) is 35.9 Å². The molecule has 202 valence electrons. The van der Waals surface area contributed by atoms with Crippen LogP contribution in [-0.4, -0.2) is 42.9 Å². The molecule has 2 atom stereocenters. The maximum Gasteiger partial charge on any atom is 0.416 e. The van der Waals surface area contributed by atoms with E-state index in [4.69, 9.17) is 21.1 Å². The molecule has 0 bridgehead atoms. The van der Waals surface area contributed by atoms with Gasteiger partial charge in [0.25, 0.3) is 0 Å². The number of rotatable bonds is 4. The van der Waals surface area contributed by atoms with Crippen LogP contribution in [0.5, 0.6) is 0 Å². The molecule has 0 aliphatic carbocycles. The molecule has 0 saturated carbocycles. The Balaban J connectivity index is 2.10. The Kier molecular flexibility index (Phi) is 8.21. The average molecular weight is 553 g/mol. The standard InChI is InChI=1S/C24H23ClF6N2O4/c1-4-37-22(35)33-13(2)20(10-15-9-18(25)5-6-19(15)33)32(21(34)36-3)12-14-7-16(23(26,27)28)11-17(8-14)24(29,30)31/h5-9,11,13,20H,4,10,12H2,1-3H3. The molecule has 3 rings (SSSR count). The van der Waals surface area contributed by atoms with Crippen LogP contribution >= 0.6 is 11.6 Å². The Hall–Kier alpha value is -3.15. The smallest absolute Gasteiger partial charge is 0.416 e. The number of hydrogen-bond donors (Lipinski definition) is 0. The molecule has 6 nitrogen and oxygen atoms in total. The van der Waals surface area contributed by atoms with Crippen molar-refractivity contribution in [1.82, 2.24) is 4.90 Å². The van der Waals surface area contributed by atoms with E-state index in [0.717, 1.165) is 12.0 Å². The van der Waals surface area contributed by atoms with E-state index in [-0.39, 0.29) is 19.1 Å². The SMILES string of the molecule is CCOC(=O)N1c2ccc(Cl)cc2CC(N(Cc2cc(C(F)(F)F)cc(C(F)(F)F)c2)C(=O)OC)C1C. The molecule has 13 heteroatoms. The van der Waals surface area contributed by atoms with E-state index in [2.05, 4.69) is 0 Å². The van der Waals surface area contributed by atoms with Crippen LogP contribution in [0.4, 0.5) is 41.6 Å². The number of amides is 2. The molecule has 37 heavy (non-hydrogen) atoms. The van der Waals surface area contributed by atoms with E-state index in [1.165, 1.54) is 4.90 Å². The summed E-state index contributed by atoms with van der Waals surface area (Å²) in [4.78, 5) is 27.9. The number of halogens is 7. The molecule has 2 aromatic rings. The van der Waals surface area contributed by atoms with Gasteiger partial charge in [-0.15, -0.1) is 0 Å². The normalized spacial score (nSPS) is 17.7. The quantitative estimate of drug-likeness (QED) is 0.386. The number of alkyl halides is 6. The van der Waals surface area contributed by atoms with Crippen molar-refractivity contribution in [2.24, 2.45) is 0 Å². The highest BCUT2D eigenvalue weighted by molar-refractivity contribution is 6.30. The number of carbonyl (C=O) groups is 2. The van der Waals surface area contributed by atoms with Gasteiger partial charge >= 0.3 is 24.5 Å². The molecule has 0 aromatic heterocycles. The van der Waals surface area contributed by atoms with Crippen molar-refractivity contribution in [3.8, 4) is 0 Å². The van der Waals surface area contributed by atoms with E-state index >= 15 is 0 Å². The number of fused-ring (bicyclic) bond motifs is 1. The van der Waals surface area contributed by atoms with Crippen LogP contribution in [0.1, 0.15) is 36.1 Å². The van der Waals surface area contributed by atoms with Crippen LogP contribution in [0.3, 0.4) is 0 Å². The van der Waals surface area contributed by atoms with Gasteiger partial charge in [0.1, 0.15) is 0 Å². The predicted octanol–water partition coefficient (Wildman–Crippen LogP) is 6.92. The van der Waals surface area contributed by atoms with Crippen molar-refractivity contribution >= 4 is 29.5 Å². The van der Waals surface area contributed by atoms with Crippen molar-refractivity contribution in [3.63, 3.8) is 0 Å². The molecule has 2 aromatic carbocycles. The van der Waals surface area contributed by atoms with Crippen LogP contribution in [-0.2, 0) is 34.8 Å². The molecule has 1 aliphatic rings. The number of ether oxygens (including phenoxy) is 2. The van der Waals surface area contributed by atoms with Crippen LogP contribution in [0.2, 0.25) is 5.02 Å². The summed E-state index contributed by atoms with van der Waals surface area (Å²) in [5.41, 5.74) is -2.46. The Bertz CT molecular complexity index is 1140. The van der Waals surface area contributed by atoms with Crippen molar-refractivity contribution in [2.75, 3.05) is 18.6 Å². The highest BCUT2D eigenvalue weighted by atomic mass is 35.5. The minimum atomic E-state index is -5.05. The zero-order chi connectivity index (χ0) is 27.7. The first-order valence-electron chi connectivity index (χ1n) is 11.0. The van der Waals surface area contributed by atoms with Crippen molar-refractivity contribution in [1.29, 1.82) is 0 Å². The summed E-state index contributed by atoms with van der Waals surface area (Å²) in [5, 5.41) is 0.327. The number of anilines is 1. The van der Waals surface area contributed by atoms with Crippen LogP contribution in [0.15, 0.2) is 36.4 Å². The third-order valence-corrected chi connectivity index (χ3v) is 6.20. The van der Waals surface area contributed by atoms with Gasteiger partial charge in [-0.3, -0.25) is 9.80 Å². The van der Waals surface area contributed by atoms with Gasteiger partial charge in [-0.05, 0) is 67.8 Å². The molecule has 0 N–H and O–H groups in total. The molecule has 1 aliphatic heterocycles. The van der Waals surface area contributed by atoms with E-state index in [0.29, 0.717) is 28.4 Å². The minimum absolute atomic E-state index is 0.00987. The molecular weight excluding hydrogens is 530 g/mol. The van der Waals surface area contributed by atoms with Gasteiger partial charge in [-0.1, -0.05) is 11.6 Å². The minimum Gasteiger partial charge on any atom is -0.453 e. The summed E-state index contributed by atoms with van der Waals surface area (Å²) < 4.78 is 90.3. The number of methoxy groups -OCH3 is 1. The van der Waals surface area contributed by atoms with E-state index in [1.807, 2.05) is 0 Å². The lowest BCUT2D eigenvalue weighted by Gasteiger charge is -2.44. The molecule has 0 saturated heterocycles. The Morgan fingerprint density at radius 1 is 1.05 bits per heavy atom. The van der Waals surface area contributed by atoms with Gasteiger partial charge in [0.2, 0.25) is 0 Å². The first kappa shape index (κ1) is 28.4. The molecular formula is C24H23ClF6N2O4. The average Bonchev–Trinajstić information content (AvgIpc) is 2.80. The van der Waals surface area contributed by atoms with Crippen molar-refractivity contribution < 1.29 is 45.4 Å². The summed E-state index contributed by atoms with van der Waals surface area (Å²) in [7, 11) is 1.03. The fourth-order valence-corrected chi connectivity index (χ4v) is 4.50. The number of benzene rings is 2. The van der Waals surface area contributed by atoms with Gasteiger partial charge in [0.05, 0.1) is 42.6 Å². The second-order valence-corrected chi connectivity index (χ2v) is 8.80. The maximum absolute atomic E-state index is 13.4. The Labute approximate surface area is 213 Å². The Morgan fingerprint density at radius 2 is 1.65 bits per heavy atom. The van der Waals surface area contributed by atoms with E-state index in [1.54, 1.807) is 32.0 Å². The van der Waals surface area contributed by atoms with E-state index < -0.39 is 59.9 Å². The van der Waals surface area contributed by atoms with Gasteiger partial charge in [0, 0.05) is 11.6 Å². The van der Waals surface area contributed by atoms with Crippen LogP contribution < -0.4 is 4.90 Å². The van der Waals surface area contributed by atoms with Gasteiger partial charge in [-0.2, -0.15) is 26.3 Å². The second-order valence-electron chi connectivity index (χ2n) is 8.37. The summed E-state index contributed by atoms with van der Waals surface area (Å²) in [6, 6.07) is 4.11. The molecule has 0 fully saturated rings. The Morgan fingerprint density at radius 3 is 2.16 bits per heavy atom. The third kappa shape index (κ3) is 6.23.